The number of rotatable bonds is 4. The molecule has 0 saturated carbocycles. The maximum Gasteiger partial charge on any atom is 0.490 e. The number of carboxylic acid groups (broad SMARTS) is 1. The van der Waals surface area contributed by atoms with Crippen LogP contribution in [0.15, 0.2) is 48.1 Å². The molecular formula is C20H19F3N2O4S2. The van der Waals surface area contributed by atoms with Crippen LogP contribution in [0.25, 0.3) is 6.08 Å². The summed E-state index contributed by atoms with van der Waals surface area (Å²) in [5.41, 5.74) is 0. The van der Waals surface area contributed by atoms with E-state index in [1.807, 2.05) is 52.4 Å². The van der Waals surface area contributed by atoms with Crippen LogP contribution in [0.1, 0.15) is 11.3 Å². The molecule has 1 amide bonds. The van der Waals surface area contributed by atoms with E-state index < -0.39 is 12.1 Å². The summed E-state index contributed by atoms with van der Waals surface area (Å²) in [6.45, 7) is 1.64. The zero-order chi connectivity index (χ0) is 22.5. The van der Waals surface area contributed by atoms with E-state index in [2.05, 4.69) is 4.98 Å². The molecule has 2 aliphatic rings. The van der Waals surface area contributed by atoms with E-state index in [1.54, 1.807) is 29.8 Å². The van der Waals surface area contributed by atoms with E-state index in [-0.39, 0.29) is 16.8 Å². The quantitative estimate of drug-likeness (QED) is 0.679. The smallest absolute Gasteiger partial charge is 0.488 e. The molecule has 31 heavy (non-hydrogen) atoms. The van der Waals surface area contributed by atoms with Gasteiger partial charge in [-0.2, -0.15) is 13.2 Å². The number of pyridine rings is 1. The second kappa shape index (κ2) is 9.73. The number of thiophene rings is 1. The van der Waals surface area contributed by atoms with Gasteiger partial charge in [-0.25, -0.2) is 4.79 Å². The molecule has 0 bridgehead atoms. The summed E-state index contributed by atoms with van der Waals surface area (Å²) in [6.07, 6.45) is 3.19. The number of aromatic nitrogens is 1. The number of nitrogens with zero attached hydrogens (tertiary/aromatic N) is 2. The van der Waals surface area contributed by atoms with Gasteiger partial charge in [0.25, 0.3) is 0 Å². The van der Waals surface area contributed by atoms with Gasteiger partial charge in [-0.1, -0.05) is 6.07 Å². The molecule has 0 aromatic carbocycles. The highest BCUT2D eigenvalue weighted by atomic mass is 32.2. The van der Waals surface area contributed by atoms with Crippen molar-refractivity contribution in [1.29, 1.82) is 0 Å². The van der Waals surface area contributed by atoms with Crippen molar-refractivity contribution in [3.8, 4) is 5.75 Å². The predicted octanol–water partition coefficient (Wildman–Crippen LogP) is 3.96. The molecule has 2 aromatic heterocycles. The van der Waals surface area contributed by atoms with Crippen LogP contribution in [0, 0.1) is 0 Å². The maximum atomic E-state index is 12.2. The average Bonchev–Trinajstić information content (AvgIpc) is 3.35. The monoisotopic (exact) mass is 472 g/mol. The van der Waals surface area contributed by atoms with Gasteiger partial charge in [-0.05, 0) is 29.7 Å². The summed E-state index contributed by atoms with van der Waals surface area (Å²) in [4.78, 5) is 28.2. The largest absolute Gasteiger partial charge is 0.490 e. The molecule has 0 radical (unpaired) electrons. The van der Waals surface area contributed by atoms with Crippen LogP contribution in [-0.2, 0) is 9.59 Å². The topological polar surface area (TPSA) is 79.7 Å². The lowest BCUT2D eigenvalue weighted by Crippen LogP contribution is -2.60. The lowest BCUT2D eigenvalue weighted by molar-refractivity contribution is -0.192. The van der Waals surface area contributed by atoms with Crippen molar-refractivity contribution < 1.29 is 32.6 Å². The zero-order valence-electron chi connectivity index (χ0n) is 16.1. The van der Waals surface area contributed by atoms with Crippen LogP contribution in [0.2, 0.25) is 0 Å². The van der Waals surface area contributed by atoms with Crippen LogP contribution in [0.5, 0.6) is 5.75 Å². The highest BCUT2D eigenvalue weighted by Gasteiger charge is 2.50. The molecule has 2 saturated heterocycles. The standard InChI is InChI=1S/C18H18N2O2S2.C2HF3O2/c21-17(6-5-16-4-2-8-23-16)20-12-18(13-20)9-15(11-24-18)22-14-3-1-7-19-10-14;3-2(4,5)1(6)7/h1-8,10,15H,9,11-13H2;(H,6,7)/b6-5+;. The molecule has 1 atom stereocenters. The molecule has 1 N–H and O–H groups in total. The maximum absolute atomic E-state index is 12.2. The van der Waals surface area contributed by atoms with Gasteiger partial charge in [0.1, 0.15) is 11.9 Å². The van der Waals surface area contributed by atoms with Gasteiger partial charge in [-0.3, -0.25) is 9.78 Å². The van der Waals surface area contributed by atoms with Crippen molar-refractivity contribution in [2.45, 2.75) is 23.4 Å². The number of halogens is 3. The molecule has 6 nitrogen and oxygen atoms in total. The van der Waals surface area contributed by atoms with Crippen molar-refractivity contribution in [2.75, 3.05) is 18.8 Å². The molecule has 4 heterocycles. The molecule has 0 aliphatic carbocycles. The van der Waals surface area contributed by atoms with Crippen molar-refractivity contribution in [3.63, 3.8) is 0 Å². The first-order valence-electron chi connectivity index (χ1n) is 9.18. The summed E-state index contributed by atoms with van der Waals surface area (Å²) < 4.78 is 37.9. The molecule has 11 heteroatoms. The van der Waals surface area contributed by atoms with E-state index in [0.29, 0.717) is 0 Å². The van der Waals surface area contributed by atoms with Crippen LogP contribution in [0.4, 0.5) is 13.2 Å². The Hall–Kier alpha value is -2.53. The van der Waals surface area contributed by atoms with Gasteiger partial charge in [0.2, 0.25) is 5.91 Å². The fraction of sp³-hybridized carbons (Fsp3) is 0.350. The highest BCUT2D eigenvalue weighted by Crippen LogP contribution is 2.46. The fourth-order valence-electron chi connectivity index (χ4n) is 3.16. The number of carboxylic acids is 1. The molecule has 4 rings (SSSR count). The second-order valence-electron chi connectivity index (χ2n) is 6.97. The number of amides is 1. The van der Waals surface area contributed by atoms with Crippen molar-refractivity contribution >= 4 is 41.1 Å². The van der Waals surface area contributed by atoms with Gasteiger partial charge in [-0.15, -0.1) is 23.1 Å². The van der Waals surface area contributed by atoms with E-state index in [4.69, 9.17) is 14.6 Å². The molecule has 1 spiro atoms. The third-order valence-electron chi connectivity index (χ3n) is 4.56. The Kier molecular flexibility index (Phi) is 7.26. The molecular weight excluding hydrogens is 453 g/mol. The minimum Gasteiger partial charge on any atom is -0.488 e. The fourth-order valence-corrected chi connectivity index (χ4v) is 5.30. The molecule has 1 unspecified atom stereocenters. The number of carbonyl (C=O) groups is 2. The Morgan fingerprint density at radius 1 is 1.29 bits per heavy atom. The number of hydrogen-bond acceptors (Lipinski definition) is 6. The third-order valence-corrected chi connectivity index (χ3v) is 6.97. The van der Waals surface area contributed by atoms with Crippen LogP contribution >= 0.6 is 23.1 Å². The number of ether oxygens (including phenoxy) is 1. The minimum atomic E-state index is -5.08. The van der Waals surface area contributed by atoms with Crippen molar-refractivity contribution in [1.82, 2.24) is 9.88 Å². The first-order chi connectivity index (χ1) is 14.7. The highest BCUT2D eigenvalue weighted by molar-refractivity contribution is 8.01. The van der Waals surface area contributed by atoms with Gasteiger partial charge in [0, 0.05) is 42.4 Å². The van der Waals surface area contributed by atoms with Gasteiger partial charge >= 0.3 is 12.1 Å². The summed E-state index contributed by atoms with van der Waals surface area (Å²) in [5.74, 6) is -0.855. The summed E-state index contributed by atoms with van der Waals surface area (Å²) >= 11 is 3.57. The lowest BCUT2D eigenvalue weighted by atomic mass is 9.93. The summed E-state index contributed by atoms with van der Waals surface area (Å²) in [5, 5.41) is 9.14. The molecule has 166 valence electrons. The SMILES string of the molecule is O=C(/C=C/c1cccs1)N1CC2(CC(Oc3cccnc3)CS2)C1.O=C(O)C(F)(F)F. The number of hydrogen-bond donors (Lipinski definition) is 1. The number of likely N-dealkylation sites (tertiary alicyclic amines) is 1. The predicted molar refractivity (Wildman–Crippen MR) is 112 cm³/mol. The Labute approximate surface area is 184 Å². The second-order valence-corrected chi connectivity index (χ2v) is 9.44. The summed E-state index contributed by atoms with van der Waals surface area (Å²) in [7, 11) is 0. The average molecular weight is 473 g/mol. The van der Waals surface area contributed by atoms with Crippen molar-refractivity contribution in [2.24, 2.45) is 0 Å². The van der Waals surface area contributed by atoms with Gasteiger partial charge in [0.05, 0.1) is 10.9 Å². The Balaban J connectivity index is 0.000000339. The molecule has 2 fully saturated rings. The molecule has 2 aromatic rings. The van der Waals surface area contributed by atoms with Crippen LogP contribution < -0.4 is 4.74 Å². The molecule has 2 aliphatic heterocycles. The first-order valence-corrected chi connectivity index (χ1v) is 11.0. The van der Waals surface area contributed by atoms with Gasteiger partial charge in [0.15, 0.2) is 0 Å². The number of aliphatic carboxylic acids is 1. The Morgan fingerprint density at radius 2 is 2.03 bits per heavy atom. The van der Waals surface area contributed by atoms with E-state index in [0.717, 1.165) is 35.9 Å². The number of carbonyl (C=O) groups excluding carboxylic acids is 1. The van der Waals surface area contributed by atoms with E-state index >= 15 is 0 Å². The van der Waals surface area contributed by atoms with Crippen LogP contribution in [-0.4, -0.2) is 62.7 Å². The Bertz CT molecular complexity index is 914. The zero-order valence-corrected chi connectivity index (χ0v) is 17.8. The van der Waals surface area contributed by atoms with E-state index in [1.165, 1.54) is 0 Å². The number of thioether (sulfide) groups is 1. The lowest BCUT2D eigenvalue weighted by Gasteiger charge is -2.47. The number of alkyl halides is 3. The minimum absolute atomic E-state index is 0.103. The first kappa shape index (κ1) is 23.1. The summed E-state index contributed by atoms with van der Waals surface area (Å²) in [6, 6.07) is 7.83. The van der Waals surface area contributed by atoms with E-state index in [9.17, 15) is 18.0 Å². The normalized spacial score (nSPS) is 19.6. The Morgan fingerprint density at radius 3 is 2.61 bits per heavy atom. The third kappa shape index (κ3) is 6.47. The van der Waals surface area contributed by atoms with Crippen LogP contribution in [0.3, 0.4) is 0 Å². The van der Waals surface area contributed by atoms with Gasteiger partial charge < -0.3 is 14.7 Å². The van der Waals surface area contributed by atoms with Crippen molar-refractivity contribution in [3.05, 3.63) is 53.0 Å².